The number of rotatable bonds is 4. The van der Waals surface area contributed by atoms with Gasteiger partial charge in [0.25, 0.3) is 0 Å². The first kappa shape index (κ1) is 15.3. The van der Waals surface area contributed by atoms with Crippen LogP contribution in [-0.2, 0) is 4.74 Å². The number of hydrogen-bond acceptors (Lipinski definition) is 5. The number of methoxy groups -OCH3 is 1. The maximum absolute atomic E-state index is 11.5. The third-order valence-corrected chi connectivity index (χ3v) is 3.98. The van der Waals surface area contributed by atoms with Gasteiger partial charge in [-0.1, -0.05) is 0 Å². The number of nitrogens with zero attached hydrogens (tertiary/aromatic N) is 2. The molecule has 1 fully saturated rings. The van der Waals surface area contributed by atoms with Gasteiger partial charge in [-0.15, -0.1) is 0 Å². The number of aliphatic imine (C=N–C) groups is 1. The van der Waals surface area contributed by atoms with Crippen molar-refractivity contribution in [2.75, 3.05) is 25.1 Å². The molecule has 1 aromatic carbocycles. The van der Waals surface area contributed by atoms with Crippen molar-refractivity contribution in [1.29, 1.82) is 0 Å². The number of carbonyl (C=O) groups excluding carboxylic acids is 1. The van der Waals surface area contributed by atoms with Gasteiger partial charge in [0.1, 0.15) is 5.76 Å². The van der Waals surface area contributed by atoms with Crippen molar-refractivity contribution in [3.05, 3.63) is 47.2 Å². The fourth-order valence-electron chi connectivity index (χ4n) is 2.70. The third-order valence-electron chi connectivity index (χ3n) is 3.98. The number of esters is 1. The van der Waals surface area contributed by atoms with Crippen LogP contribution in [0.1, 0.15) is 34.5 Å². The SMILES string of the molecule is COC(=O)c1ccc(N=Cc2ccc(N3CCCC3)o2)c(C)c1. The van der Waals surface area contributed by atoms with E-state index < -0.39 is 0 Å². The average molecular weight is 312 g/mol. The fraction of sp³-hybridized carbons (Fsp3) is 0.333. The minimum atomic E-state index is -0.343. The Labute approximate surface area is 135 Å². The molecule has 0 bridgehead atoms. The predicted octanol–water partition coefficient (Wildman–Crippen LogP) is 3.73. The molecule has 0 amide bonds. The van der Waals surface area contributed by atoms with Crippen LogP contribution < -0.4 is 4.90 Å². The first-order valence-electron chi connectivity index (χ1n) is 7.75. The third kappa shape index (κ3) is 3.44. The van der Waals surface area contributed by atoms with E-state index in [0.717, 1.165) is 36.0 Å². The molecule has 1 saturated heterocycles. The molecular weight excluding hydrogens is 292 g/mol. The van der Waals surface area contributed by atoms with Crippen LogP contribution in [0.2, 0.25) is 0 Å². The summed E-state index contributed by atoms with van der Waals surface area (Å²) >= 11 is 0. The number of furan rings is 1. The van der Waals surface area contributed by atoms with Crippen molar-refractivity contribution in [3.8, 4) is 0 Å². The van der Waals surface area contributed by atoms with Crippen molar-refractivity contribution in [2.45, 2.75) is 19.8 Å². The Hall–Kier alpha value is -2.56. The molecule has 23 heavy (non-hydrogen) atoms. The van der Waals surface area contributed by atoms with Gasteiger partial charge in [-0.05, 0) is 49.6 Å². The van der Waals surface area contributed by atoms with Crippen molar-refractivity contribution in [2.24, 2.45) is 4.99 Å². The van der Waals surface area contributed by atoms with Gasteiger partial charge in [0.05, 0.1) is 24.6 Å². The van der Waals surface area contributed by atoms with E-state index in [4.69, 9.17) is 9.15 Å². The van der Waals surface area contributed by atoms with E-state index in [1.807, 2.05) is 25.1 Å². The second-order valence-corrected chi connectivity index (χ2v) is 5.62. The molecular formula is C18H20N2O3. The first-order valence-corrected chi connectivity index (χ1v) is 7.75. The Morgan fingerprint density at radius 1 is 1.26 bits per heavy atom. The molecule has 2 aromatic rings. The Bertz CT molecular complexity index is 728. The highest BCUT2D eigenvalue weighted by molar-refractivity contribution is 5.90. The molecule has 0 aliphatic carbocycles. The number of aryl methyl sites for hydroxylation is 1. The molecule has 0 saturated carbocycles. The smallest absolute Gasteiger partial charge is 0.337 e. The zero-order valence-electron chi connectivity index (χ0n) is 13.4. The summed E-state index contributed by atoms with van der Waals surface area (Å²) in [5.41, 5.74) is 2.24. The highest BCUT2D eigenvalue weighted by Gasteiger charge is 2.15. The van der Waals surface area contributed by atoms with Crippen molar-refractivity contribution >= 4 is 23.8 Å². The van der Waals surface area contributed by atoms with E-state index in [2.05, 4.69) is 9.89 Å². The summed E-state index contributed by atoms with van der Waals surface area (Å²) in [6, 6.07) is 9.21. The van der Waals surface area contributed by atoms with Crippen LogP contribution in [-0.4, -0.2) is 32.4 Å². The van der Waals surface area contributed by atoms with Gasteiger partial charge in [0, 0.05) is 19.2 Å². The van der Waals surface area contributed by atoms with Gasteiger partial charge in [0.2, 0.25) is 0 Å². The van der Waals surface area contributed by atoms with Crippen LogP contribution in [0.3, 0.4) is 0 Å². The molecule has 1 aliphatic heterocycles. The van der Waals surface area contributed by atoms with E-state index in [0.29, 0.717) is 5.56 Å². The summed E-state index contributed by atoms with van der Waals surface area (Å²) in [5.74, 6) is 1.29. The average Bonchev–Trinajstić information content (AvgIpc) is 3.24. The maximum Gasteiger partial charge on any atom is 0.337 e. The van der Waals surface area contributed by atoms with E-state index in [1.54, 1.807) is 18.3 Å². The Morgan fingerprint density at radius 3 is 2.74 bits per heavy atom. The summed E-state index contributed by atoms with van der Waals surface area (Å²) in [6.45, 7) is 4.02. The molecule has 5 heteroatoms. The standard InChI is InChI=1S/C18H20N2O3/c1-13-11-14(18(21)22-2)5-7-16(13)19-12-15-6-8-17(23-15)20-9-3-4-10-20/h5-8,11-12H,3-4,9-10H2,1-2H3. The molecule has 0 N–H and O–H groups in total. The van der Waals surface area contributed by atoms with Crippen molar-refractivity contribution < 1.29 is 13.9 Å². The van der Waals surface area contributed by atoms with Gasteiger partial charge in [-0.25, -0.2) is 4.79 Å². The van der Waals surface area contributed by atoms with Crippen LogP contribution in [0.4, 0.5) is 11.6 Å². The Morgan fingerprint density at radius 2 is 2.04 bits per heavy atom. The quantitative estimate of drug-likeness (QED) is 0.637. The molecule has 3 rings (SSSR count). The number of ether oxygens (including phenoxy) is 1. The molecule has 0 unspecified atom stereocenters. The summed E-state index contributed by atoms with van der Waals surface area (Å²) in [6.07, 6.45) is 4.14. The van der Waals surface area contributed by atoms with Gasteiger partial charge in [-0.2, -0.15) is 0 Å². The van der Waals surface area contributed by atoms with E-state index in [-0.39, 0.29) is 5.97 Å². The molecule has 0 radical (unpaired) electrons. The maximum atomic E-state index is 11.5. The lowest BCUT2D eigenvalue weighted by molar-refractivity contribution is 0.0600. The zero-order chi connectivity index (χ0) is 16.2. The number of carbonyl (C=O) groups is 1. The molecule has 2 heterocycles. The second kappa shape index (κ2) is 6.69. The normalized spacial score (nSPS) is 14.6. The monoisotopic (exact) mass is 312 g/mol. The van der Waals surface area contributed by atoms with E-state index in [9.17, 15) is 4.79 Å². The highest BCUT2D eigenvalue weighted by atomic mass is 16.5. The zero-order valence-corrected chi connectivity index (χ0v) is 13.4. The lowest BCUT2D eigenvalue weighted by Gasteiger charge is -2.12. The van der Waals surface area contributed by atoms with Gasteiger partial charge >= 0.3 is 5.97 Å². The van der Waals surface area contributed by atoms with Crippen molar-refractivity contribution in [1.82, 2.24) is 0 Å². The number of benzene rings is 1. The fourth-order valence-corrected chi connectivity index (χ4v) is 2.70. The van der Waals surface area contributed by atoms with Crippen LogP contribution in [0, 0.1) is 6.92 Å². The lowest BCUT2D eigenvalue weighted by atomic mass is 10.1. The Balaban J connectivity index is 1.73. The number of anilines is 1. The summed E-state index contributed by atoms with van der Waals surface area (Å²) in [5, 5.41) is 0. The topological polar surface area (TPSA) is 55.0 Å². The Kier molecular flexibility index (Phi) is 4.46. The van der Waals surface area contributed by atoms with Crippen molar-refractivity contribution in [3.63, 3.8) is 0 Å². The molecule has 5 nitrogen and oxygen atoms in total. The van der Waals surface area contributed by atoms with E-state index in [1.165, 1.54) is 20.0 Å². The second-order valence-electron chi connectivity index (χ2n) is 5.62. The number of hydrogen-bond donors (Lipinski definition) is 0. The first-order chi connectivity index (χ1) is 11.2. The van der Waals surface area contributed by atoms with Crippen LogP contribution in [0.25, 0.3) is 0 Å². The lowest BCUT2D eigenvalue weighted by Crippen LogP contribution is -2.16. The summed E-state index contributed by atoms with van der Waals surface area (Å²) in [7, 11) is 1.37. The summed E-state index contributed by atoms with van der Waals surface area (Å²) < 4.78 is 10.5. The molecule has 120 valence electrons. The molecule has 1 aromatic heterocycles. The van der Waals surface area contributed by atoms with E-state index >= 15 is 0 Å². The highest BCUT2D eigenvalue weighted by Crippen LogP contribution is 2.23. The van der Waals surface area contributed by atoms with Crippen LogP contribution in [0.5, 0.6) is 0 Å². The van der Waals surface area contributed by atoms with Gasteiger partial charge in [0.15, 0.2) is 5.88 Å². The van der Waals surface area contributed by atoms with Gasteiger partial charge < -0.3 is 14.1 Å². The van der Waals surface area contributed by atoms with Crippen LogP contribution >= 0.6 is 0 Å². The summed E-state index contributed by atoms with van der Waals surface area (Å²) in [4.78, 5) is 18.2. The minimum absolute atomic E-state index is 0.343. The molecule has 1 aliphatic rings. The largest absolute Gasteiger partial charge is 0.465 e. The predicted molar refractivity (Wildman–Crippen MR) is 89.9 cm³/mol. The van der Waals surface area contributed by atoms with Gasteiger partial charge in [-0.3, -0.25) is 4.99 Å². The minimum Gasteiger partial charge on any atom is -0.465 e. The molecule has 0 atom stereocenters. The van der Waals surface area contributed by atoms with Crippen LogP contribution in [0.15, 0.2) is 39.7 Å². The molecule has 0 spiro atoms.